The normalized spacial score (nSPS) is 29.2. The summed E-state index contributed by atoms with van der Waals surface area (Å²) in [5.74, 6) is 1.14. The van der Waals surface area contributed by atoms with Crippen LogP contribution < -0.4 is 0 Å². The van der Waals surface area contributed by atoms with Gasteiger partial charge in [-0.05, 0) is 18.8 Å². The van der Waals surface area contributed by atoms with Gasteiger partial charge in [0.25, 0.3) is 6.43 Å². The predicted molar refractivity (Wildman–Crippen MR) is 42.7 cm³/mol. The van der Waals surface area contributed by atoms with Crippen LogP contribution in [-0.4, -0.2) is 9.78 Å². The molecule has 0 saturated heterocycles. The maximum absolute atomic E-state index is 12.6. The Morgan fingerprint density at radius 2 is 2.31 bits per heavy atom. The fourth-order valence-electron chi connectivity index (χ4n) is 2.45. The van der Waals surface area contributed by atoms with Gasteiger partial charge in [0.2, 0.25) is 0 Å². The second kappa shape index (κ2) is 2.11. The highest BCUT2D eigenvalue weighted by atomic mass is 19.3. The van der Waals surface area contributed by atoms with Crippen LogP contribution in [0.15, 0.2) is 0 Å². The molecule has 2 unspecified atom stereocenters. The standard InChI is InChI=1S/C9H10F2N2/c1-13-8(9(10)11)6-3-4-2-5(4)7(6)12-13/h4-5,9H,2-3H2,1H3. The molecule has 13 heavy (non-hydrogen) atoms. The number of nitrogens with zero attached hydrogens (tertiary/aromatic N) is 2. The van der Waals surface area contributed by atoms with E-state index in [0.717, 1.165) is 24.1 Å². The molecule has 4 heteroatoms. The predicted octanol–water partition coefficient (Wildman–Crippen LogP) is 2.02. The SMILES string of the molecule is Cn1nc2c(c1C(F)F)CC1CC21. The van der Waals surface area contributed by atoms with E-state index < -0.39 is 6.43 Å². The Hall–Kier alpha value is -0.930. The van der Waals surface area contributed by atoms with E-state index in [1.807, 2.05) is 0 Å². The van der Waals surface area contributed by atoms with E-state index >= 15 is 0 Å². The summed E-state index contributed by atoms with van der Waals surface area (Å²) < 4.78 is 26.5. The third-order valence-electron chi connectivity index (χ3n) is 3.17. The van der Waals surface area contributed by atoms with Gasteiger partial charge in [-0.1, -0.05) is 0 Å². The molecule has 1 aromatic heterocycles. The van der Waals surface area contributed by atoms with E-state index in [1.54, 1.807) is 7.05 Å². The van der Waals surface area contributed by atoms with Crippen molar-refractivity contribution in [1.82, 2.24) is 9.78 Å². The van der Waals surface area contributed by atoms with Crippen molar-refractivity contribution < 1.29 is 8.78 Å². The summed E-state index contributed by atoms with van der Waals surface area (Å²) in [5.41, 5.74) is 1.92. The fourth-order valence-corrected chi connectivity index (χ4v) is 2.45. The summed E-state index contributed by atoms with van der Waals surface area (Å²) in [6.07, 6.45) is -0.390. The molecule has 0 radical (unpaired) electrons. The van der Waals surface area contributed by atoms with Crippen molar-refractivity contribution in [1.29, 1.82) is 0 Å². The molecule has 2 atom stereocenters. The van der Waals surface area contributed by atoms with Gasteiger partial charge in [0.1, 0.15) is 5.69 Å². The third-order valence-corrected chi connectivity index (χ3v) is 3.17. The molecule has 2 aliphatic rings. The minimum atomic E-state index is -2.38. The van der Waals surface area contributed by atoms with Gasteiger partial charge in [-0.3, -0.25) is 4.68 Å². The van der Waals surface area contributed by atoms with Crippen molar-refractivity contribution in [3.63, 3.8) is 0 Å². The van der Waals surface area contributed by atoms with Crippen LogP contribution in [0.4, 0.5) is 8.78 Å². The van der Waals surface area contributed by atoms with Crippen LogP contribution in [0.3, 0.4) is 0 Å². The molecule has 0 bridgehead atoms. The lowest BCUT2D eigenvalue weighted by Crippen LogP contribution is -2.01. The van der Waals surface area contributed by atoms with Crippen molar-refractivity contribution in [3.8, 4) is 0 Å². The van der Waals surface area contributed by atoms with Gasteiger partial charge < -0.3 is 0 Å². The lowest BCUT2D eigenvalue weighted by atomic mass is 10.1. The quantitative estimate of drug-likeness (QED) is 0.652. The van der Waals surface area contributed by atoms with Crippen LogP contribution in [-0.2, 0) is 13.5 Å². The van der Waals surface area contributed by atoms with Crippen molar-refractivity contribution in [3.05, 3.63) is 17.0 Å². The maximum Gasteiger partial charge on any atom is 0.280 e. The number of fused-ring (bicyclic) bond motifs is 3. The largest absolute Gasteiger partial charge is 0.280 e. The van der Waals surface area contributed by atoms with Crippen LogP contribution in [0.2, 0.25) is 0 Å². The summed E-state index contributed by atoms with van der Waals surface area (Å²) in [6.45, 7) is 0. The minimum absolute atomic E-state index is 0.141. The van der Waals surface area contributed by atoms with E-state index in [0.29, 0.717) is 11.8 Å². The lowest BCUT2D eigenvalue weighted by Gasteiger charge is -2.02. The number of alkyl halides is 2. The summed E-state index contributed by atoms with van der Waals surface area (Å²) >= 11 is 0. The first-order chi connectivity index (χ1) is 6.18. The zero-order valence-electron chi connectivity index (χ0n) is 7.30. The molecule has 0 N–H and O–H groups in total. The van der Waals surface area contributed by atoms with Crippen molar-refractivity contribution in [2.24, 2.45) is 13.0 Å². The highest BCUT2D eigenvalue weighted by Crippen LogP contribution is 2.56. The number of hydrogen-bond donors (Lipinski definition) is 0. The molecule has 0 aliphatic heterocycles. The third kappa shape index (κ3) is 0.833. The van der Waals surface area contributed by atoms with Crippen LogP contribution in [0.5, 0.6) is 0 Å². The van der Waals surface area contributed by atoms with E-state index in [4.69, 9.17) is 0 Å². The highest BCUT2D eigenvalue weighted by Gasteiger charge is 2.49. The molecule has 1 aromatic rings. The van der Waals surface area contributed by atoms with Crippen LogP contribution in [0, 0.1) is 5.92 Å². The summed E-state index contributed by atoms with van der Waals surface area (Å²) in [6, 6.07) is 0. The lowest BCUT2D eigenvalue weighted by molar-refractivity contribution is 0.139. The summed E-state index contributed by atoms with van der Waals surface area (Å²) in [4.78, 5) is 0. The Labute approximate surface area is 74.5 Å². The van der Waals surface area contributed by atoms with Gasteiger partial charge in [-0.25, -0.2) is 8.78 Å². The van der Waals surface area contributed by atoms with E-state index in [-0.39, 0.29) is 5.69 Å². The van der Waals surface area contributed by atoms with Crippen LogP contribution in [0.1, 0.15) is 35.7 Å². The monoisotopic (exact) mass is 184 g/mol. The van der Waals surface area contributed by atoms with Gasteiger partial charge in [-0.2, -0.15) is 5.10 Å². The molecule has 2 aliphatic carbocycles. The van der Waals surface area contributed by atoms with Gasteiger partial charge in [-0.15, -0.1) is 0 Å². The molecular formula is C9H10F2N2. The number of rotatable bonds is 1. The average Bonchev–Trinajstić information content (AvgIpc) is 2.58. The molecule has 1 saturated carbocycles. The first kappa shape index (κ1) is 7.47. The minimum Gasteiger partial charge on any atom is -0.266 e. The molecule has 0 aromatic carbocycles. The second-order valence-electron chi connectivity index (χ2n) is 3.98. The molecule has 70 valence electrons. The molecule has 0 amide bonds. The molecule has 1 fully saturated rings. The number of hydrogen-bond acceptors (Lipinski definition) is 1. The highest BCUT2D eigenvalue weighted by molar-refractivity contribution is 5.40. The summed E-state index contributed by atoms with van der Waals surface area (Å²) in [7, 11) is 1.61. The van der Waals surface area contributed by atoms with Gasteiger partial charge >= 0.3 is 0 Å². The van der Waals surface area contributed by atoms with E-state index in [1.165, 1.54) is 4.68 Å². The number of halogens is 2. The number of aromatic nitrogens is 2. The van der Waals surface area contributed by atoms with Crippen LogP contribution >= 0.6 is 0 Å². The first-order valence-corrected chi connectivity index (χ1v) is 4.52. The topological polar surface area (TPSA) is 17.8 Å². The Balaban J connectivity index is 2.15. The fraction of sp³-hybridized carbons (Fsp3) is 0.667. The van der Waals surface area contributed by atoms with Crippen molar-refractivity contribution >= 4 is 0 Å². The maximum atomic E-state index is 12.6. The molecule has 2 nitrogen and oxygen atoms in total. The van der Waals surface area contributed by atoms with Crippen molar-refractivity contribution in [2.75, 3.05) is 0 Å². The molecule has 3 rings (SSSR count). The summed E-state index contributed by atoms with van der Waals surface area (Å²) in [5, 5.41) is 4.17. The molecule has 1 heterocycles. The average molecular weight is 184 g/mol. The zero-order chi connectivity index (χ0) is 9.16. The van der Waals surface area contributed by atoms with Gasteiger partial charge in [0, 0.05) is 18.5 Å². The van der Waals surface area contributed by atoms with Crippen LogP contribution in [0.25, 0.3) is 0 Å². The Kier molecular flexibility index (Phi) is 1.21. The Bertz CT molecular complexity index is 370. The van der Waals surface area contributed by atoms with Gasteiger partial charge in [0.15, 0.2) is 0 Å². The number of aryl methyl sites for hydroxylation is 1. The van der Waals surface area contributed by atoms with E-state index in [2.05, 4.69) is 5.10 Å². The first-order valence-electron chi connectivity index (χ1n) is 4.52. The Morgan fingerprint density at radius 3 is 3.00 bits per heavy atom. The molecular weight excluding hydrogens is 174 g/mol. The van der Waals surface area contributed by atoms with E-state index in [9.17, 15) is 8.78 Å². The van der Waals surface area contributed by atoms with Gasteiger partial charge in [0.05, 0.1) is 5.69 Å². The molecule has 0 spiro atoms. The zero-order valence-corrected chi connectivity index (χ0v) is 7.30. The smallest absolute Gasteiger partial charge is 0.266 e. The van der Waals surface area contributed by atoms with Crippen molar-refractivity contribution in [2.45, 2.75) is 25.2 Å². The Morgan fingerprint density at radius 1 is 1.54 bits per heavy atom. The second-order valence-corrected chi connectivity index (χ2v) is 3.98.